The van der Waals surface area contributed by atoms with Crippen molar-refractivity contribution in [3.8, 4) is 0 Å². The van der Waals surface area contributed by atoms with E-state index in [2.05, 4.69) is 0 Å². The molecule has 0 aromatic carbocycles. The average Bonchev–Trinajstić information content (AvgIpc) is 2.66. The van der Waals surface area contributed by atoms with Gasteiger partial charge >= 0.3 is 8.80 Å². The molecule has 0 aromatic heterocycles. The quantitative estimate of drug-likeness (QED) is 0.615. The first-order valence-electron chi connectivity index (χ1n) is 5.06. The number of rotatable bonds is 1. The van der Waals surface area contributed by atoms with Crippen molar-refractivity contribution in [1.82, 2.24) is 0 Å². The van der Waals surface area contributed by atoms with Gasteiger partial charge in [-0.25, -0.2) is 0 Å². The molecule has 2 bridgehead atoms. The predicted octanol–water partition coefficient (Wildman–Crippen LogP) is 0.180. The molecule has 3 rings (SSSR count). The Kier molecular flexibility index (Phi) is 1.79. The molecule has 13 heavy (non-hydrogen) atoms. The summed E-state index contributed by atoms with van der Waals surface area (Å²) in [5.74, 6) is 0. The minimum Gasteiger partial charge on any atom is -0.367 e. The third kappa shape index (κ3) is 1.12. The Labute approximate surface area is 78.7 Å². The molecule has 1 saturated carbocycles. The first-order chi connectivity index (χ1) is 6.33. The van der Waals surface area contributed by atoms with Gasteiger partial charge in [-0.05, 0) is 12.8 Å². The largest absolute Gasteiger partial charge is 0.516 e. The minimum atomic E-state index is -2.36. The van der Waals surface area contributed by atoms with Crippen LogP contribution < -0.4 is 5.73 Å². The third-order valence-corrected chi connectivity index (χ3v) is 5.64. The van der Waals surface area contributed by atoms with Crippen molar-refractivity contribution >= 4 is 8.80 Å². The maximum absolute atomic E-state index is 5.83. The first kappa shape index (κ1) is 8.37. The lowest BCUT2D eigenvalue weighted by atomic mass is 10.1. The van der Waals surface area contributed by atoms with Gasteiger partial charge in [0.05, 0.1) is 24.5 Å². The summed E-state index contributed by atoms with van der Waals surface area (Å²) in [6.45, 7) is 0. The summed E-state index contributed by atoms with van der Waals surface area (Å²) < 4.78 is 17.5. The minimum absolute atomic E-state index is 0.206. The van der Waals surface area contributed by atoms with Crippen molar-refractivity contribution in [3.63, 3.8) is 0 Å². The van der Waals surface area contributed by atoms with Gasteiger partial charge < -0.3 is 19.0 Å². The van der Waals surface area contributed by atoms with Crippen LogP contribution in [0.5, 0.6) is 0 Å². The van der Waals surface area contributed by atoms with Crippen LogP contribution in [0, 0.1) is 0 Å². The molecule has 2 unspecified atom stereocenters. The highest BCUT2D eigenvalue weighted by Crippen LogP contribution is 2.42. The molecule has 0 spiro atoms. The van der Waals surface area contributed by atoms with Crippen molar-refractivity contribution < 1.29 is 13.3 Å². The Hall–Kier alpha value is 0.0569. The average molecular weight is 201 g/mol. The summed E-state index contributed by atoms with van der Waals surface area (Å²) in [7, 11) is -2.36. The molecule has 2 heterocycles. The molecule has 0 amide bonds. The molecule has 1 aliphatic carbocycles. The number of fused-ring (bicyclic) bond motifs is 1. The van der Waals surface area contributed by atoms with Gasteiger partial charge in [0, 0.05) is 0 Å². The van der Waals surface area contributed by atoms with Gasteiger partial charge in [0.15, 0.2) is 0 Å². The maximum Gasteiger partial charge on any atom is 0.516 e. The highest BCUT2D eigenvalue weighted by molar-refractivity contribution is 6.62. The molecule has 3 aliphatic rings. The summed E-state index contributed by atoms with van der Waals surface area (Å²) >= 11 is 0. The molecular formula is C8H15NO3Si. The molecule has 3 fully saturated rings. The predicted molar refractivity (Wildman–Crippen MR) is 47.9 cm³/mol. The molecule has 2 saturated heterocycles. The van der Waals surface area contributed by atoms with Gasteiger partial charge in [-0.15, -0.1) is 0 Å². The number of hydrogen-bond acceptors (Lipinski definition) is 4. The second-order valence-electron chi connectivity index (χ2n) is 4.07. The SMILES string of the molecule is NC[Si]12OC3CCCCC(O1)C3O2. The highest BCUT2D eigenvalue weighted by Gasteiger charge is 2.63. The first-order valence-corrected chi connectivity index (χ1v) is 7.00. The molecular weight excluding hydrogens is 186 g/mol. The Bertz CT molecular complexity index is 204. The van der Waals surface area contributed by atoms with Gasteiger partial charge in [-0.3, -0.25) is 0 Å². The van der Waals surface area contributed by atoms with Crippen LogP contribution in [0.3, 0.4) is 0 Å². The van der Waals surface area contributed by atoms with E-state index in [0.29, 0.717) is 6.17 Å². The molecule has 2 N–H and O–H groups in total. The van der Waals surface area contributed by atoms with Crippen molar-refractivity contribution in [2.45, 2.75) is 44.0 Å². The van der Waals surface area contributed by atoms with Crippen molar-refractivity contribution in [3.05, 3.63) is 0 Å². The second kappa shape index (κ2) is 2.77. The van der Waals surface area contributed by atoms with Crippen molar-refractivity contribution in [2.75, 3.05) is 6.17 Å². The zero-order chi connectivity index (χ0) is 8.89. The highest BCUT2D eigenvalue weighted by atomic mass is 28.4. The van der Waals surface area contributed by atoms with Gasteiger partial charge in [-0.2, -0.15) is 0 Å². The molecule has 2 atom stereocenters. The lowest BCUT2D eigenvalue weighted by molar-refractivity contribution is 0.0265. The van der Waals surface area contributed by atoms with Crippen LogP contribution in [0.25, 0.3) is 0 Å². The third-order valence-electron chi connectivity index (χ3n) is 3.19. The van der Waals surface area contributed by atoms with Gasteiger partial charge in [-0.1, -0.05) is 12.8 Å². The van der Waals surface area contributed by atoms with E-state index in [1.54, 1.807) is 0 Å². The van der Waals surface area contributed by atoms with Crippen LogP contribution in [-0.2, 0) is 13.3 Å². The monoisotopic (exact) mass is 201 g/mol. The molecule has 0 radical (unpaired) electrons. The van der Waals surface area contributed by atoms with Crippen LogP contribution in [0.2, 0.25) is 0 Å². The van der Waals surface area contributed by atoms with Gasteiger partial charge in [0.2, 0.25) is 0 Å². The fraction of sp³-hybridized carbons (Fsp3) is 1.00. The Balaban J connectivity index is 1.88. The van der Waals surface area contributed by atoms with E-state index in [-0.39, 0.29) is 18.3 Å². The maximum atomic E-state index is 5.83. The molecule has 0 aromatic rings. The molecule has 5 heteroatoms. The zero-order valence-corrected chi connectivity index (χ0v) is 8.57. The molecule has 74 valence electrons. The normalized spacial score (nSPS) is 53.8. The van der Waals surface area contributed by atoms with Crippen molar-refractivity contribution in [1.29, 1.82) is 0 Å². The fourth-order valence-electron chi connectivity index (χ4n) is 2.56. The van der Waals surface area contributed by atoms with Crippen molar-refractivity contribution in [2.24, 2.45) is 5.73 Å². The summed E-state index contributed by atoms with van der Waals surface area (Å²) in [4.78, 5) is 0. The van der Waals surface area contributed by atoms with Crippen LogP contribution in [0.4, 0.5) is 0 Å². The van der Waals surface area contributed by atoms with Gasteiger partial charge in [0.25, 0.3) is 0 Å². The number of hydrogen-bond donors (Lipinski definition) is 1. The topological polar surface area (TPSA) is 53.7 Å². The lowest BCUT2D eigenvalue weighted by Crippen LogP contribution is -2.50. The van der Waals surface area contributed by atoms with Crippen LogP contribution in [0.1, 0.15) is 25.7 Å². The standard InChI is InChI=1S/C8H15NO3Si/c9-5-13-10-6-3-1-2-4-7(11-13)8(6)12-13/h6-8H,1-5,9H2. The van der Waals surface area contributed by atoms with Gasteiger partial charge in [0.1, 0.15) is 0 Å². The summed E-state index contributed by atoms with van der Waals surface area (Å²) in [6, 6.07) is 0. The van der Waals surface area contributed by atoms with E-state index in [1.165, 1.54) is 12.8 Å². The van der Waals surface area contributed by atoms with Crippen LogP contribution in [0.15, 0.2) is 0 Å². The number of nitrogens with two attached hydrogens (primary N) is 1. The van der Waals surface area contributed by atoms with E-state index >= 15 is 0 Å². The van der Waals surface area contributed by atoms with E-state index in [0.717, 1.165) is 12.8 Å². The zero-order valence-electron chi connectivity index (χ0n) is 7.57. The van der Waals surface area contributed by atoms with Crippen LogP contribution >= 0.6 is 0 Å². The van der Waals surface area contributed by atoms with E-state index in [1.807, 2.05) is 0 Å². The fourth-order valence-corrected chi connectivity index (χ4v) is 5.16. The van der Waals surface area contributed by atoms with E-state index in [9.17, 15) is 0 Å². The summed E-state index contributed by atoms with van der Waals surface area (Å²) in [6.07, 6.45) is 5.94. The molecule has 4 nitrogen and oxygen atoms in total. The Morgan fingerprint density at radius 3 is 2.15 bits per heavy atom. The molecule has 2 aliphatic heterocycles. The Morgan fingerprint density at radius 2 is 1.69 bits per heavy atom. The second-order valence-corrected chi connectivity index (χ2v) is 6.55. The summed E-state index contributed by atoms with van der Waals surface area (Å²) in [5, 5.41) is 0. The van der Waals surface area contributed by atoms with E-state index in [4.69, 9.17) is 19.0 Å². The summed E-state index contributed by atoms with van der Waals surface area (Å²) in [5.41, 5.74) is 5.65. The lowest BCUT2D eigenvalue weighted by Gasteiger charge is -2.27. The van der Waals surface area contributed by atoms with Crippen LogP contribution in [-0.4, -0.2) is 33.3 Å². The van der Waals surface area contributed by atoms with E-state index < -0.39 is 8.80 Å². The Morgan fingerprint density at radius 1 is 1.08 bits per heavy atom. The smallest absolute Gasteiger partial charge is 0.367 e.